The Labute approximate surface area is 127 Å². The summed E-state index contributed by atoms with van der Waals surface area (Å²) in [5, 5.41) is 4.12. The molecule has 0 spiro atoms. The highest BCUT2D eigenvalue weighted by Gasteiger charge is 2.29. The van der Waals surface area contributed by atoms with Crippen LogP contribution in [0.1, 0.15) is 51.9 Å². The normalized spacial score (nSPS) is 14.6. The molecule has 0 aliphatic carbocycles. The smallest absolute Gasteiger partial charge is 0.150 e. The van der Waals surface area contributed by atoms with Gasteiger partial charge in [0.15, 0.2) is 5.78 Å². The fourth-order valence-corrected chi connectivity index (χ4v) is 3.50. The number of carbonyl (C=O) groups excluding carboxylic acids is 1. The molecule has 0 aliphatic heterocycles. The van der Waals surface area contributed by atoms with Crippen molar-refractivity contribution in [2.45, 2.75) is 63.6 Å². The average molecular weight is 293 g/mol. The third-order valence-electron chi connectivity index (χ3n) is 3.06. The summed E-state index contributed by atoms with van der Waals surface area (Å²) in [7, 11) is 0. The first-order valence-electron chi connectivity index (χ1n) is 7.44. The molecule has 2 atom stereocenters. The number of thioether (sulfide) groups is 1. The molecule has 0 heterocycles. The zero-order chi connectivity index (χ0) is 15.1. The molecule has 1 aromatic carbocycles. The highest BCUT2D eigenvalue weighted by molar-refractivity contribution is 8.00. The Morgan fingerprint density at radius 3 is 2.20 bits per heavy atom. The topological polar surface area (TPSA) is 29.1 Å². The van der Waals surface area contributed by atoms with Crippen LogP contribution in [0.4, 0.5) is 0 Å². The molecule has 0 saturated carbocycles. The zero-order valence-electron chi connectivity index (χ0n) is 13.2. The van der Waals surface area contributed by atoms with E-state index >= 15 is 0 Å². The highest BCUT2D eigenvalue weighted by Crippen LogP contribution is 2.36. The van der Waals surface area contributed by atoms with Crippen LogP contribution in [0.2, 0.25) is 0 Å². The lowest BCUT2D eigenvalue weighted by Gasteiger charge is -2.30. The Morgan fingerprint density at radius 1 is 1.15 bits per heavy atom. The SMILES string of the molecule is CCC(=O)C(NC(C)C)C(SC(C)C)c1ccccc1. The average Bonchev–Trinajstić information content (AvgIpc) is 2.42. The Hall–Kier alpha value is -0.800. The lowest BCUT2D eigenvalue weighted by molar-refractivity contribution is -0.121. The van der Waals surface area contributed by atoms with Crippen molar-refractivity contribution in [3.63, 3.8) is 0 Å². The molecule has 0 amide bonds. The van der Waals surface area contributed by atoms with Gasteiger partial charge in [0.05, 0.1) is 11.3 Å². The Bertz CT molecular complexity index is 403. The van der Waals surface area contributed by atoms with Crippen molar-refractivity contribution in [2.24, 2.45) is 0 Å². The van der Waals surface area contributed by atoms with Gasteiger partial charge in [-0.05, 0) is 10.8 Å². The molecular formula is C17H27NOS. The molecule has 1 aromatic rings. The molecule has 1 rings (SSSR count). The number of nitrogens with one attached hydrogen (secondary N) is 1. The van der Waals surface area contributed by atoms with Gasteiger partial charge in [0, 0.05) is 12.5 Å². The van der Waals surface area contributed by atoms with Crippen molar-refractivity contribution >= 4 is 17.5 Å². The summed E-state index contributed by atoms with van der Waals surface area (Å²) in [6, 6.07) is 10.5. The summed E-state index contributed by atoms with van der Waals surface area (Å²) >= 11 is 1.86. The van der Waals surface area contributed by atoms with Gasteiger partial charge in [0.1, 0.15) is 0 Å². The van der Waals surface area contributed by atoms with E-state index < -0.39 is 0 Å². The number of hydrogen-bond acceptors (Lipinski definition) is 3. The van der Waals surface area contributed by atoms with E-state index in [1.807, 2.05) is 36.9 Å². The largest absolute Gasteiger partial charge is 0.304 e. The van der Waals surface area contributed by atoms with Gasteiger partial charge in [-0.1, -0.05) is 65.0 Å². The Balaban J connectivity index is 3.07. The van der Waals surface area contributed by atoms with Gasteiger partial charge in [-0.2, -0.15) is 0 Å². The number of rotatable bonds is 8. The number of benzene rings is 1. The van der Waals surface area contributed by atoms with E-state index in [0.717, 1.165) is 0 Å². The molecule has 0 radical (unpaired) electrons. The third-order valence-corrected chi connectivity index (χ3v) is 4.44. The monoisotopic (exact) mass is 293 g/mol. The van der Waals surface area contributed by atoms with Gasteiger partial charge in [0.2, 0.25) is 0 Å². The minimum absolute atomic E-state index is 0.116. The summed E-state index contributed by atoms with van der Waals surface area (Å²) in [4.78, 5) is 12.4. The molecule has 1 N–H and O–H groups in total. The predicted molar refractivity (Wildman–Crippen MR) is 89.3 cm³/mol. The summed E-state index contributed by atoms with van der Waals surface area (Å²) in [5.74, 6) is 0.292. The molecule has 20 heavy (non-hydrogen) atoms. The van der Waals surface area contributed by atoms with Crippen LogP contribution in [0.5, 0.6) is 0 Å². The van der Waals surface area contributed by atoms with Crippen LogP contribution < -0.4 is 5.32 Å². The second-order valence-corrected chi connectivity index (χ2v) is 7.36. The van der Waals surface area contributed by atoms with Crippen LogP contribution in [0.3, 0.4) is 0 Å². The van der Waals surface area contributed by atoms with E-state index in [-0.39, 0.29) is 11.3 Å². The first kappa shape index (κ1) is 17.3. The van der Waals surface area contributed by atoms with Gasteiger partial charge in [0.25, 0.3) is 0 Å². The van der Waals surface area contributed by atoms with Crippen LogP contribution in [0.25, 0.3) is 0 Å². The predicted octanol–water partition coefficient (Wildman–Crippen LogP) is 4.22. The van der Waals surface area contributed by atoms with Crippen molar-refractivity contribution in [3.05, 3.63) is 35.9 Å². The Kier molecular flexibility index (Phi) is 7.31. The van der Waals surface area contributed by atoms with Crippen LogP contribution in [0, 0.1) is 0 Å². The van der Waals surface area contributed by atoms with E-state index in [2.05, 4.69) is 45.1 Å². The van der Waals surface area contributed by atoms with Gasteiger partial charge in [-0.15, -0.1) is 11.8 Å². The van der Waals surface area contributed by atoms with E-state index in [0.29, 0.717) is 23.5 Å². The van der Waals surface area contributed by atoms with Gasteiger partial charge in [-0.25, -0.2) is 0 Å². The number of hydrogen-bond donors (Lipinski definition) is 1. The highest BCUT2D eigenvalue weighted by atomic mass is 32.2. The van der Waals surface area contributed by atoms with Crippen molar-refractivity contribution in [2.75, 3.05) is 0 Å². The number of ketones is 1. The lowest BCUT2D eigenvalue weighted by atomic mass is 9.99. The first-order valence-corrected chi connectivity index (χ1v) is 8.39. The maximum Gasteiger partial charge on any atom is 0.150 e. The molecule has 3 heteroatoms. The van der Waals surface area contributed by atoms with Gasteiger partial charge < -0.3 is 5.32 Å². The van der Waals surface area contributed by atoms with E-state index in [4.69, 9.17) is 0 Å². The quantitative estimate of drug-likeness (QED) is 0.778. The summed E-state index contributed by atoms with van der Waals surface area (Å²) in [6.07, 6.45) is 0.576. The number of Topliss-reactive ketones (excluding diaryl/α,β-unsaturated/α-hetero) is 1. The van der Waals surface area contributed by atoms with Gasteiger partial charge in [-0.3, -0.25) is 4.79 Å². The summed E-state index contributed by atoms with van der Waals surface area (Å²) in [5.41, 5.74) is 1.23. The third kappa shape index (κ3) is 5.29. The van der Waals surface area contributed by atoms with Crippen LogP contribution in [0.15, 0.2) is 30.3 Å². The van der Waals surface area contributed by atoms with Gasteiger partial charge >= 0.3 is 0 Å². The second-order valence-electron chi connectivity index (χ2n) is 5.64. The van der Waals surface area contributed by atoms with E-state index in [1.165, 1.54) is 5.56 Å². The fraction of sp³-hybridized carbons (Fsp3) is 0.588. The van der Waals surface area contributed by atoms with Crippen LogP contribution in [-0.4, -0.2) is 23.1 Å². The molecule has 0 fully saturated rings. The maximum atomic E-state index is 12.4. The molecule has 2 unspecified atom stereocenters. The molecule has 0 saturated heterocycles. The van der Waals surface area contributed by atoms with E-state index in [1.54, 1.807) is 0 Å². The van der Waals surface area contributed by atoms with E-state index in [9.17, 15) is 4.79 Å². The summed E-state index contributed by atoms with van der Waals surface area (Å²) < 4.78 is 0. The Morgan fingerprint density at radius 2 is 1.75 bits per heavy atom. The summed E-state index contributed by atoms with van der Waals surface area (Å²) in [6.45, 7) is 10.5. The van der Waals surface area contributed by atoms with Crippen molar-refractivity contribution in [3.8, 4) is 0 Å². The van der Waals surface area contributed by atoms with Crippen LogP contribution >= 0.6 is 11.8 Å². The molecule has 0 aliphatic rings. The van der Waals surface area contributed by atoms with Crippen molar-refractivity contribution < 1.29 is 4.79 Å². The van der Waals surface area contributed by atoms with Crippen molar-refractivity contribution in [1.82, 2.24) is 5.32 Å². The number of carbonyl (C=O) groups is 1. The molecule has 0 bridgehead atoms. The van der Waals surface area contributed by atoms with Crippen molar-refractivity contribution in [1.29, 1.82) is 0 Å². The maximum absolute atomic E-state index is 12.4. The molecule has 112 valence electrons. The molecule has 0 aromatic heterocycles. The minimum Gasteiger partial charge on any atom is -0.304 e. The molecule has 2 nitrogen and oxygen atoms in total. The second kappa shape index (κ2) is 8.48. The minimum atomic E-state index is -0.116. The first-order chi connectivity index (χ1) is 9.45. The fourth-order valence-electron chi connectivity index (χ4n) is 2.21. The zero-order valence-corrected chi connectivity index (χ0v) is 14.0. The lowest BCUT2D eigenvalue weighted by Crippen LogP contribution is -2.44. The standard InChI is InChI=1S/C17H27NOS/c1-6-15(19)16(18-12(2)3)17(20-13(4)5)14-10-8-7-9-11-14/h7-13,16-18H,6H2,1-5H3. The van der Waals surface area contributed by atoms with Crippen LogP contribution in [-0.2, 0) is 4.79 Å². The molecular weight excluding hydrogens is 266 g/mol.